The first kappa shape index (κ1) is 15.0. The highest BCUT2D eigenvalue weighted by molar-refractivity contribution is 6.12. The van der Waals surface area contributed by atoms with Crippen molar-refractivity contribution >= 4 is 5.71 Å². The summed E-state index contributed by atoms with van der Waals surface area (Å²) in [4.78, 5) is 0. The first-order valence-electron chi connectivity index (χ1n) is 7.68. The maximum Gasteiger partial charge on any atom is 0.178 e. The molecule has 1 N–H and O–H groups in total. The maximum atomic E-state index is 9.41. The number of aryl methyl sites for hydroxylation is 2. The number of benzene rings is 2. The van der Waals surface area contributed by atoms with E-state index in [-0.39, 0.29) is 0 Å². The van der Waals surface area contributed by atoms with Crippen LogP contribution in [-0.4, -0.2) is 10.9 Å². The lowest BCUT2D eigenvalue weighted by Gasteiger charge is -2.04. The molecule has 0 saturated heterocycles. The van der Waals surface area contributed by atoms with Crippen molar-refractivity contribution in [2.45, 2.75) is 13.0 Å². The van der Waals surface area contributed by atoms with E-state index >= 15 is 0 Å². The van der Waals surface area contributed by atoms with Crippen LogP contribution in [0, 0.1) is 0 Å². The number of aromatic nitrogens is 1. The SMILES string of the molecule is O/N=C(/c1ccccc1)c1ccc[n+](CCc2ccccc2)c1. The summed E-state index contributed by atoms with van der Waals surface area (Å²) in [7, 11) is 0. The lowest BCUT2D eigenvalue weighted by atomic mass is 10.0. The van der Waals surface area contributed by atoms with E-state index < -0.39 is 0 Å². The Morgan fingerprint density at radius 1 is 0.826 bits per heavy atom. The number of pyridine rings is 1. The van der Waals surface area contributed by atoms with Crippen molar-refractivity contribution in [1.29, 1.82) is 0 Å². The third kappa shape index (κ3) is 3.83. The lowest BCUT2D eigenvalue weighted by Crippen LogP contribution is -2.35. The highest BCUT2D eigenvalue weighted by Crippen LogP contribution is 2.09. The Balaban J connectivity index is 1.79. The zero-order chi connectivity index (χ0) is 15.9. The molecule has 2 aromatic carbocycles. The van der Waals surface area contributed by atoms with Gasteiger partial charge in [-0.25, -0.2) is 4.57 Å². The molecule has 1 heterocycles. The van der Waals surface area contributed by atoms with Crippen molar-refractivity contribution in [2.75, 3.05) is 0 Å². The molecule has 0 bridgehead atoms. The summed E-state index contributed by atoms with van der Waals surface area (Å²) in [5, 5.41) is 12.9. The molecule has 1 aromatic heterocycles. The van der Waals surface area contributed by atoms with E-state index in [2.05, 4.69) is 34.0 Å². The fraction of sp³-hybridized carbons (Fsp3) is 0.100. The van der Waals surface area contributed by atoms with Crippen molar-refractivity contribution in [3.05, 3.63) is 102 Å². The van der Waals surface area contributed by atoms with Crippen molar-refractivity contribution in [1.82, 2.24) is 0 Å². The second-order valence-corrected chi connectivity index (χ2v) is 5.38. The molecule has 0 amide bonds. The smallest absolute Gasteiger partial charge is 0.178 e. The van der Waals surface area contributed by atoms with Crippen molar-refractivity contribution < 1.29 is 9.77 Å². The van der Waals surface area contributed by atoms with E-state index in [9.17, 15) is 5.21 Å². The Morgan fingerprint density at radius 2 is 1.48 bits per heavy atom. The minimum Gasteiger partial charge on any atom is -0.410 e. The fourth-order valence-corrected chi connectivity index (χ4v) is 2.58. The van der Waals surface area contributed by atoms with E-state index in [1.54, 1.807) is 0 Å². The molecule has 0 aliphatic heterocycles. The van der Waals surface area contributed by atoms with E-state index in [0.717, 1.165) is 24.1 Å². The molecule has 0 saturated carbocycles. The summed E-state index contributed by atoms with van der Waals surface area (Å²) < 4.78 is 2.12. The monoisotopic (exact) mass is 303 g/mol. The molecule has 3 aromatic rings. The largest absolute Gasteiger partial charge is 0.410 e. The van der Waals surface area contributed by atoms with Gasteiger partial charge >= 0.3 is 0 Å². The van der Waals surface area contributed by atoms with Crippen LogP contribution in [0.15, 0.2) is 90.3 Å². The minimum atomic E-state index is 0.583. The Morgan fingerprint density at radius 3 is 2.17 bits per heavy atom. The summed E-state index contributed by atoms with van der Waals surface area (Å²) in [6, 6.07) is 24.1. The van der Waals surface area contributed by atoms with Crippen LogP contribution in [-0.2, 0) is 13.0 Å². The third-order valence-corrected chi connectivity index (χ3v) is 3.78. The van der Waals surface area contributed by atoms with Crippen molar-refractivity contribution in [3.8, 4) is 0 Å². The average molecular weight is 303 g/mol. The molecule has 0 unspecified atom stereocenters. The molecule has 0 fully saturated rings. The highest BCUT2D eigenvalue weighted by Gasteiger charge is 2.11. The van der Waals surface area contributed by atoms with Crippen LogP contribution in [0.2, 0.25) is 0 Å². The number of rotatable bonds is 5. The van der Waals surface area contributed by atoms with E-state index in [0.29, 0.717) is 5.71 Å². The number of hydrogen-bond donors (Lipinski definition) is 1. The van der Waals surface area contributed by atoms with Crippen molar-refractivity contribution in [2.24, 2.45) is 5.16 Å². The van der Waals surface area contributed by atoms with Crippen LogP contribution in [0.5, 0.6) is 0 Å². The second kappa shape index (κ2) is 7.36. The molecule has 0 atom stereocenters. The number of nitrogens with zero attached hydrogens (tertiary/aromatic N) is 2. The van der Waals surface area contributed by atoms with Gasteiger partial charge in [0.05, 0.1) is 5.56 Å². The standard InChI is InChI=1S/C20H18N2O/c23-21-20(18-10-5-2-6-11-18)19-12-7-14-22(16-19)15-13-17-8-3-1-4-9-17/h1-12,14,16H,13,15H2/p+1/b21-20-. The predicted octanol–water partition coefficient (Wildman–Crippen LogP) is 3.44. The summed E-state index contributed by atoms with van der Waals surface area (Å²) in [5.74, 6) is 0. The summed E-state index contributed by atoms with van der Waals surface area (Å²) in [5.41, 5.74) is 3.69. The van der Waals surface area contributed by atoms with Crippen LogP contribution in [0.4, 0.5) is 0 Å². The van der Waals surface area contributed by atoms with Gasteiger partial charge in [-0.2, -0.15) is 0 Å². The van der Waals surface area contributed by atoms with Gasteiger partial charge in [-0.15, -0.1) is 0 Å². The second-order valence-electron chi connectivity index (χ2n) is 5.38. The zero-order valence-corrected chi connectivity index (χ0v) is 12.8. The number of hydrogen-bond acceptors (Lipinski definition) is 2. The van der Waals surface area contributed by atoms with Crippen LogP contribution in [0.25, 0.3) is 0 Å². The van der Waals surface area contributed by atoms with Gasteiger partial charge in [-0.05, 0) is 11.6 Å². The Labute approximate surface area is 136 Å². The Bertz CT molecular complexity index is 783. The molecule has 0 aliphatic rings. The molecule has 3 heteroatoms. The van der Waals surface area contributed by atoms with Crippen LogP contribution >= 0.6 is 0 Å². The van der Waals surface area contributed by atoms with Crippen LogP contribution < -0.4 is 4.57 Å². The van der Waals surface area contributed by atoms with Gasteiger partial charge in [0, 0.05) is 18.1 Å². The fourth-order valence-electron chi connectivity index (χ4n) is 2.58. The topological polar surface area (TPSA) is 36.5 Å². The van der Waals surface area contributed by atoms with Crippen molar-refractivity contribution in [3.63, 3.8) is 0 Å². The summed E-state index contributed by atoms with van der Waals surface area (Å²) >= 11 is 0. The third-order valence-electron chi connectivity index (χ3n) is 3.78. The highest BCUT2D eigenvalue weighted by atomic mass is 16.4. The molecular weight excluding hydrogens is 284 g/mol. The summed E-state index contributed by atoms with van der Waals surface area (Å²) in [6.45, 7) is 0.880. The summed E-state index contributed by atoms with van der Waals surface area (Å²) in [6.07, 6.45) is 5.02. The first-order valence-corrected chi connectivity index (χ1v) is 7.68. The lowest BCUT2D eigenvalue weighted by molar-refractivity contribution is -0.696. The van der Waals surface area contributed by atoms with Crippen LogP contribution in [0.1, 0.15) is 16.7 Å². The van der Waals surface area contributed by atoms with Gasteiger partial charge in [-0.3, -0.25) is 0 Å². The molecule has 3 rings (SSSR count). The predicted molar refractivity (Wildman–Crippen MR) is 90.7 cm³/mol. The molecular formula is C20H19N2O+. The van der Waals surface area contributed by atoms with Gasteiger partial charge < -0.3 is 5.21 Å². The Kier molecular flexibility index (Phi) is 4.79. The Hall–Kier alpha value is -2.94. The van der Waals surface area contributed by atoms with Gasteiger partial charge in [0.25, 0.3) is 0 Å². The van der Waals surface area contributed by atoms with E-state index in [1.807, 2.05) is 60.9 Å². The van der Waals surface area contributed by atoms with Gasteiger partial charge in [-0.1, -0.05) is 65.8 Å². The van der Waals surface area contributed by atoms with Gasteiger partial charge in [0.15, 0.2) is 18.9 Å². The zero-order valence-electron chi connectivity index (χ0n) is 12.8. The first-order chi connectivity index (χ1) is 11.4. The quantitative estimate of drug-likeness (QED) is 0.333. The normalized spacial score (nSPS) is 11.4. The van der Waals surface area contributed by atoms with Gasteiger partial charge in [0.2, 0.25) is 0 Å². The average Bonchev–Trinajstić information content (AvgIpc) is 2.63. The molecule has 3 nitrogen and oxygen atoms in total. The maximum absolute atomic E-state index is 9.41. The molecule has 114 valence electrons. The molecule has 23 heavy (non-hydrogen) atoms. The van der Waals surface area contributed by atoms with Crippen LogP contribution in [0.3, 0.4) is 0 Å². The molecule has 0 radical (unpaired) electrons. The molecule has 0 spiro atoms. The number of oxime groups is 1. The van der Waals surface area contributed by atoms with Gasteiger partial charge in [0.1, 0.15) is 5.71 Å². The molecule has 0 aliphatic carbocycles. The minimum absolute atomic E-state index is 0.583. The van der Waals surface area contributed by atoms with E-state index in [1.165, 1.54) is 5.56 Å². The van der Waals surface area contributed by atoms with E-state index in [4.69, 9.17) is 0 Å².